The molecule has 0 aromatic carbocycles. The maximum atomic E-state index is 10.6. The fourth-order valence-electron chi connectivity index (χ4n) is 3.80. The Labute approximate surface area is 97.6 Å². The Morgan fingerprint density at radius 2 is 2.12 bits per heavy atom. The van der Waals surface area contributed by atoms with Gasteiger partial charge in [-0.15, -0.1) is 0 Å². The first-order valence-electron chi connectivity index (χ1n) is 6.54. The van der Waals surface area contributed by atoms with Crippen LogP contribution in [0.5, 0.6) is 0 Å². The lowest BCUT2D eigenvalue weighted by molar-refractivity contribution is -0.137. The molecule has 3 heteroatoms. The molecule has 2 aliphatic rings. The number of hydrogen-bond donors (Lipinski definition) is 2. The van der Waals surface area contributed by atoms with Crippen LogP contribution in [0.1, 0.15) is 46.0 Å². The maximum absolute atomic E-state index is 10.6. The summed E-state index contributed by atoms with van der Waals surface area (Å²) in [7, 11) is 0. The lowest BCUT2D eigenvalue weighted by Gasteiger charge is -2.30. The fraction of sp³-hybridized carbons (Fsp3) is 0.923. The number of rotatable bonds is 5. The standard InChI is InChI=1S/C13H23NO2/c1-8(5-13(15)16)14-9(2)12-7-10-3-4-11(12)6-10/h8-12,14H,3-7H2,1-2H3,(H,15,16). The fourth-order valence-corrected chi connectivity index (χ4v) is 3.80. The summed E-state index contributed by atoms with van der Waals surface area (Å²) in [6.07, 6.45) is 5.83. The molecule has 3 nitrogen and oxygen atoms in total. The Morgan fingerprint density at radius 1 is 1.38 bits per heavy atom. The Kier molecular flexibility index (Phi) is 3.53. The van der Waals surface area contributed by atoms with Crippen LogP contribution in [0.25, 0.3) is 0 Å². The van der Waals surface area contributed by atoms with Crippen molar-refractivity contribution in [2.24, 2.45) is 17.8 Å². The van der Waals surface area contributed by atoms with Crippen molar-refractivity contribution in [3.63, 3.8) is 0 Å². The van der Waals surface area contributed by atoms with Crippen LogP contribution in [0.15, 0.2) is 0 Å². The predicted octanol–water partition coefficient (Wildman–Crippen LogP) is 2.26. The van der Waals surface area contributed by atoms with Crippen LogP contribution in [0.2, 0.25) is 0 Å². The van der Waals surface area contributed by atoms with Gasteiger partial charge in [-0.1, -0.05) is 6.42 Å². The molecule has 2 rings (SSSR count). The molecule has 5 atom stereocenters. The van der Waals surface area contributed by atoms with Gasteiger partial charge in [0.15, 0.2) is 0 Å². The third-order valence-corrected chi connectivity index (χ3v) is 4.46. The number of carboxylic acids is 1. The normalized spacial score (nSPS) is 36.2. The van der Waals surface area contributed by atoms with Gasteiger partial charge < -0.3 is 10.4 Å². The molecule has 0 radical (unpaired) electrons. The molecule has 16 heavy (non-hydrogen) atoms. The zero-order valence-corrected chi connectivity index (χ0v) is 10.3. The third kappa shape index (κ3) is 2.57. The van der Waals surface area contributed by atoms with Crippen molar-refractivity contribution in [1.82, 2.24) is 5.32 Å². The van der Waals surface area contributed by atoms with Crippen LogP contribution in [0.4, 0.5) is 0 Å². The van der Waals surface area contributed by atoms with E-state index in [1.165, 1.54) is 25.7 Å². The summed E-state index contributed by atoms with van der Waals surface area (Å²) in [5.41, 5.74) is 0. The number of carbonyl (C=O) groups is 1. The van der Waals surface area contributed by atoms with Gasteiger partial charge in [0.1, 0.15) is 0 Å². The summed E-state index contributed by atoms with van der Waals surface area (Å²) in [6.45, 7) is 4.20. The average Bonchev–Trinajstić information content (AvgIpc) is 2.76. The van der Waals surface area contributed by atoms with Crippen molar-refractivity contribution in [3.8, 4) is 0 Å². The molecule has 2 fully saturated rings. The topological polar surface area (TPSA) is 49.3 Å². The highest BCUT2D eigenvalue weighted by Gasteiger charge is 2.41. The van der Waals surface area contributed by atoms with Crippen LogP contribution >= 0.6 is 0 Å². The van der Waals surface area contributed by atoms with Gasteiger partial charge in [-0.05, 0) is 50.9 Å². The molecule has 0 saturated heterocycles. The van der Waals surface area contributed by atoms with Gasteiger partial charge >= 0.3 is 5.97 Å². The van der Waals surface area contributed by atoms with E-state index >= 15 is 0 Å². The van der Waals surface area contributed by atoms with Crippen molar-refractivity contribution in [3.05, 3.63) is 0 Å². The van der Waals surface area contributed by atoms with E-state index in [2.05, 4.69) is 12.2 Å². The Bertz CT molecular complexity index is 267. The molecule has 2 bridgehead atoms. The van der Waals surface area contributed by atoms with Crippen molar-refractivity contribution in [1.29, 1.82) is 0 Å². The number of aliphatic carboxylic acids is 1. The van der Waals surface area contributed by atoms with Gasteiger partial charge in [0.05, 0.1) is 6.42 Å². The minimum absolute atomic E-state index is 0.0895. The van der Waals surface area contributed by atoms with Gasteiger partial charge in [0, 0.05) is 12.1 Å². The van der Waals surface area contributed by atoms with Crippen LogP contribution in [0, 0.1) is 17.8 Å². The minimum Gasteiger partial charge on any atom is -0.481 e. The molecule has 0 aromatic heterocycles. The summed E-state index contributed by atoms with van der Waals surface area (Å²) in [6, 6.07) is 0.566. The Hall–Kier alpha value is -0.570. The van der Waals surface area contributed by atoms with E-state index in [9.17, 15) is 4.79 Å². The van der Waals surface area contributed by atoms with E-state index in [-0.39, 0.29) is 12.5 Å². The number of carboxylic acid groups (broad SMARTS) is 1. The molecule has 0 aliphatic heterocycles. The van der Waals surface area contributed by atoms with Crippen LogP contribution in [-0.2, 0) is 4.79 Å². The Morgan fingerprint density at radius 3 is 2.62 bits per heavy atom. The van der Waals surface area contributed by atoms with Gasteiger partial charge in [-0.25, -0.2) is 0 Å². The molecule has 0 amide bonds. The van der Waals surface area contributed by atoms with Crippen LogP contribution in [0.3, 0.4) is 0 Å². The van der Waals surface area contributed by atoms with Crippen molar-refractivity contribution >= 4 is 5.97 Å². The number of fused-ring (bicyclic) bond motifs is 2. The summed E-state index contributed by atoms with van der Waals surface area (Å²) in [4.78, 5) is 10.6. The maximum Gasteiger partial charge on any atom is 0.304 e. The zero-order chi connectivity index (χ0) is 11.7. The molecule has 0 aromatic rings. The molecule has 2 aliphatic carbocycles. The first kappa shape index (κ1) is 11.9. The third-order valence-electron chi connectivity index (χ3n) is 4.46. The van der Waals surface area contributed by atoms with Crippen LogP contribution < -0.4 is 5.32 Å². The number of nitrogens with one attached hydrogen (secondary N) is 1. The lowest BCUT2D eigenvalue weighted by atomic mass is 9.83. The first-order valence-corrected chi connectivity index (χ1v) is 6.54. The summed E-state index contributed by atoms with van der Waals surface area (Å²) < 4.78 is 0. The highest BCUT2D eigenvalue weighted by molar-refractivity contribution is 5.67. The van der Waals surface area contributed by atoms with Crippen molar-refractivity contribution in [2.75, 3.05) is 0 Å². The summed E-state index contributed by atoms with van der Waals surface area (Å²) in [5.74, 6) is 1.95. The van der Waals surface area contributed by atoms with Gasteiger partial charge in [-0.2, -0.15) is 0 Å². The largest absolute Gasteiger partial charge is 0.481 e. The molecular weight excluding hydrogens is 202 g/mol. The number of hydrogen-bond acceptors (Lipinski definition) is 2. The Balaban J connectivity index is 1.79. The van der Waals surface area contributed by atoms with E-state index in [1.54, 1.807) is 0 Å². The second-order valence-electron chi connectivity index (χ2n) is 5.79. The van der Waals surface area contributed by atoms with E-state index in [4.69, 9.17) is 5.11 Å². The molecule has 2 N–H and O–H groups in total. The lowest BCUT2D eigenvalue weighted by Crippen LogP contribution is -2.42. The van der Waals surface area contributed by atoms with Crippen molar-refractivity contribution in [2.45, 2.75) is 58.0 Å². The first-order chi connectivity index (χ1) is 7.56. The second kappa shape index (κ2) is 4.74. The molecular formula is C13H23NO2. The monoisotopic (exact) mass is 225 g/mol. The van der Waals surface area contributed by atoms with Crippen molar-refractivity contribution < 1.29 is 9.90 Å². The predicted molar refractivity (Wildman–Crippen MR) is 63.3 cm³/mol. The van der Waals surface area contributed by atoms with Gasteiger partial charge in [0.25, 0.3) is 0 Å². The van der Waals surface area contributed by atoms with Gasteiger partial charge in [-0.3, -0.25) is 4.79 Å². The zero-order valence-electron chi connectivity index (χ0n) is 10.3. The molecule has 92 valence electrons. The summed E-state index contributed by atoms with van der Waals surface area (Å²) >= 11 is 0. The molecule has 0 spiro atoms. The van der Waals surface area contributed by atoms with E-state index in [0.717, 1.165) is 17.8 Å². The quantitative estimate of drug-likeness (QED) is 0.754. The highest BCUT2D eigenvalue weighted by Crippen LogP contribution is 2.49. The average molecular weight is 225 g/mol. The van der Waals surface area contributed by atoms with Crippen LogP contribution in [-0.4, -0.2) is 23.2 Å². The SMILES string of the molecule is CC(CC(=O)O)NC(C)C1CC2CCC1C2. The molecule has 2 saturated carbocycles. The second-order valence-corrected chi connectivity index (χ2v) is 5.79. The minimum atomic E-state index is -0.708. The highest BCUT2D eigenvalue weighted by atomic mass is 16.4. The molecule has 5 unspecified atom stereocenters. The van der Waals surface area contributed by atoms with E-state index < -0.39 is 5.97 Å². The van der Waals surface area contributed by atoms with E-state index in [1.807, 2.05) is 6.92 Å². The van der Waals surface area contributed by atoms with E-state index in [0.29, 0.717) is 6.04 Å². The van der Waals surface area contributed by atoms with Gasteiger partial charge in [0.2, 0.25) is 0 Å². The smallest absolute Gasteiger partial charge is 0.304 e. The summed E-state index contributed by atoms with van der Waals surface area (Å²) in [5, 5.41) is 12.2. The molecule has 0 heterocycles.